The SMILES string of the molecule is CC1(c2ccco2)ON=C(c2ccc3c(c2)OCO3)O1. The van der Waals surface area contributed by atoms with E-state index in [1.165, 1.54) is 0 Å². The van der Waals surface area contributed by atoms with Crippen LogP contribution >= 0.6 is 0 Å². The molecular formula is C14H11NO5. The van der Waals surface area contributed by atoms with E-state index in [-0.39, 0.29) is 6.79 Å². The molecular weight excluding hydrogens is 262 g/mol. The summed E-state index contributed by atoms with van der Waals surface area (Å²) in [5.41, 5.74) is 0.754. The lowest BCUT2D eigenvalue weighted by atomic mass is 10.2. The van der Waals surface area contributed by atoms with Crippen LogP contribution in [-0.4, -0.2) is 12.7 Å². The van der Waals surface area contributed by atoms with Crippen LogP contribution < -0.4 is 9.47 Å². The largest absolute Gasteiger partial charge is 0.461 e. The zero-order chi connectivity index (χ0) is 13.6. The molecule has 20 heavy (non-hydrogen) atoms. The predicted octanol–water partition coefficient (Wildman–Crippen LogP) is 2.59. The molecule has 102 valence electrons. The molecule has 0 amide bonds. The summed E-state index contributed by atoms with van der Waals surface area (Å²) in [6.45, 7) is 1.97. The lowest BCUT2D eigenvalue weighted by molar-refractivity contribution is -0.165. The monoisotopic (exact) mass is 273 g/mol. The summed E-state index contributed by atoms with van der Waals surface area (Å²) in [5.74, 6) is 1.26. The van der Waals surface area contributed by atoms with Gasteiger partial charge in [-0.1, -0.05) is 0 Å². The topological polar surface area (TPSA) is 62.4 Å². The number of fused-ring (bicyclic) bond motifs is 1. The van der Waals surface area contributed by atoms with Crippen molar-refractivity contribution in [3.8, 4) is 11.5 Å². The van der Waals surface area contributed by atoms with Gasteiger partial charge in [-0.3, -0.25) is 0 Å². The van der Waals surface area contributed by atoms with Gasteiger partial charge in [0.15, 0.2) is 17.3 Å². The Hall–Kier alpha value is -2.63. The third kappa shape index (κ3) is 1.61. The number of rotatable bonds is 2. The Morgan fingerprint density at radius 3 is 2.90 bits per heavy atom. The lowest BCUT2D eigenvalue weighted by Crippen LogP contribution is -2.24. The van der Waals surface area contributed by atoms with Gasteiger partial charge in [-0.05, 0) is 35.5 Å². The Balaban J connectivity index is 1.62. The van der Waals surface area contributed by atoms with E-state index >= 15 is 0 Å². The number of oxime groups is 1. The Bertz CT molecular complexity index is 679. The van der Waals surface area contributed by atoms with Crippen molar-refractivity contribution in [2.45, 2.75) is 12.7 Å². The van der Waals surface area contributed by atoms with Crippen molar-refractivity contribution in [3.63, 3.8) is 0 Å². The van der Waals surface area contributed by atoms with Crippen molar-refractivity contribution in [1.82, 2.24) is 0 Å². The highest BCUT2D eigenvalue weighted by atomic mass is 16.8. The number of hydrogen-bond acceptors (Lipinski definition) is 6. The third-order valence-electron chi connectivity index (χ3n) is 3.18. The van der Waals surface area contributed by atoms with Crippen LogP contribution in [0.3, 0.4) is 0 Å². The van der Waals surface area contributed by atoms with Gasteiger partial charge in [0.05, 0.1) is 6.26 Å². The van der Waals surface area contributed by atoms with E-state index in [0.29, 0.717) is 23.2 Å². The molecule has 2 aliphatic rings. The molecule has 1 atom stereocenters. The number of hydrogen-bond donors (Lipinski definition) is 0. The van der Waals surface area contributed by atoms with Crippen LogP contribution in [0.15, 0.2) is 46.2 Å². The fourth-order valence-corrected chi connectivity index (χ4v) is 2.12. The van der Waals surface area contributed by atoms with Crippen LogP contribution in [0.2, 0.25) is 0 Å². The quantitative estimate of drug-likeness (QED) is 0.841. The van der Waals surface area contributed by atoms with E-state index in [1.807, 2.05) is 12.1 Å². The van der Waals surface area contributed by atoms with Crippen molar-refractivity contribution in [1.29, 1.82) is 0 Å². The molecule has 0 fully saturated rings. The second-order valence-electron chi connectivity index (χ2n) is 4.58. The van der Waals surface area contributed by atoms with Crippen molar-refractivity contribution in [2.24, 2.45) is 5.16 Å². The van der Waals surface area contributed by atoms with E-state index < -0.39 is 5.79 Å². The molecule has 3 heterocycles. The van der Waals surface area contributed by atoms with Gasteiger partial charge in [0.25, 0.3) is 5.90 Å². The molecule has 0 aliphatic carbocycles. The summed E-state index contributed by atoms with van der Waals surface area (Å²) in [5, 5.41) is 3.98. The summed E-state index contributed by atoms with van der Waals surface area (Å²) in [4.78, 5) is 5.37. The molecule has 0 spiro atoms. The zero-order valence-corrected chi connectivity index (χ0v) is 10.7. The molecule has 0 saturated carbocycles. The minimum Gasteiger partial charge on any atom is -0.461 e. The maximum Gasteiger partial charge on any atom is 0.332 e. The highest BCUT2D eigenvalue weighted by Gasteiger charge is 2.41. The molecule has 1 aromatic carbocycles. The normalized spacial score (nSPS) is 23.1. The summed E-state index contributed by atoms with van der Waals surface area (Å²) in [6.07, 6.45) is 1.56. The van der Waals surface area contributed by atoms with E-state index in [2.05, 4.69) is 5.16 Å². The van der Waals surface area contributed by atoms with Crippen molar-refractivity contribution < 1.29 is 23.5 Å². The zero-order valence-electron chi connectivity index (χ0n) is 10.7. The third-order valence-corrected chi connectivity index (χ3v) is 3.18. The lowest BCUT2D eigenvalue weighted by Gasteiger charge is -2.18. The molecule has 6 nitrogen and oxygen atoms in total. The smallest absolute Gasteiger partial charge is 0.332 e. The summed E-state index contributed by atoms with van der Waals surface area (Å²) < 4.78 is 21.7. The van der Waals surface area contributed by atoms with E-state index in [1.54, 1.807) is 31.4 Å². The first kappa shape index (κ1) is 11.2. The van der Waals surface area contributed by atoms with Gasteiger partial charge in [0, 0.05) is 12.5 Å². The maximum absolute atomic E-state index is 5.78. The summed E-state index contributed by atoms with van der Waals surface area (Å²) in [6, 6.07) is 9.00. The Labute approximate surface area is 114 Å². The fourth-order valence-electron chi connectivity index (χ4n) is 2.12. The molecule has 6 heteroatoms. The number of ether oxygens (including phenoxy) is 3. The summed E-state index contributed by atoms with van der Waals surface area (Å²) >= 11 is 0. The van der Waals surface area contributed by atoms with Crippen LogP contribution in [0.5, 0.6) is 11.5 Å². The van der Waals surface area contributed by atoms with E-state index in [4.69, 9.17) is 23.5 Å². The highest BCUT2D eigenvalue weighted by molar-refractivity contribution is 5.95. The number of furan rings is 1. The van der Waals surface area contributed by atoms with E-state index in [0.717, 1.165) is 5.56 Å². The average Bonchev–Trinajstić information content (AvgIpc) is 3.18. The Morgan fingerprint density at radius 2 is 2.05 bits per heavy atom. The first-order chi connectivity index (χ1) is 9.74. The van der Waals surface area contributed by atoms with Crippen LogP contribution in [0.1, 0.15) is 18.2 Å². The van der Waals surface area contributed by atoms with Gasteiger partial charge in [-0.15, -0.1) is 0 Å². The minimum atomic E-state index is -1.05. The van der Waals surface area contributed by atoms with E-state index in [9.17, 15) is 0 Å². The van der Waals surface area contributed by atoms with Crippen molar-refractivity contribution >= 4 is 5.90 Å². The predicted molar refractivity (Wildman–Crippen MR) is 67.3 cm³/mol. The highest BCUT2D eigenvalue weighted by Crippen LogP contribution is 2.37. The average molecular weight is 273 g/mol. The van der Waals surface area contributed by atoms with Crippen LogP contribution in [0, 0.1) is 0 Å². The maximum atomic E-state index is 5.78. The first-order valence-electron chi connectivity index (χ1n) is 6.14. The minimum absolute atomic E-state index is 0.229. The Kier molecular flexibility index (Phi) is 2.20. The summed E-state index contributed by atoms with van der Waals surface area (Å²) in [7, 11) is 0. The Morgan fingerprint density at radius 1 is 1.15 bits per heavy atom. The molecule has 2 aromatic rings. The molecule has 1 unspecified atom stereocenters. The van der Waals surface area contributed by atoms with Gasteiger partial charge in [-0.2, -0.15) is 0 Å². The number of nitrogens with zero attached hydrogens (tertiary/aromatic N) is 1. The molecule has 0 saturated heterocycles. The molecule has 0 N–H and O–H groups in total. The van der Waals surface area contributed by atoms with Gasteiger partial charge in [0.2, 0.25) is 6.79 Å². The van der Waals surface area contributed by atoms with Crippen molar-refractivity contribution in [3.05, 3.63) is 47.9 Å². The number of benzene rings is 1. The van der Waals surface area contributed by atoms with Crippen LogP contribution in [-0.2, 0) is 15.4 Å². The second kappa shape index (κ2) is 3.93. The molecule has 4 rings (SSSR count). The standard InChI is InChI=1S/C14H11NO5/c1-14(12-3-2-6-16-12)19-13(15-20-14)9-4-5-10-11(7-9)18-8-17-10/h2-7H,8H2,1H3. The molecule has 0 bridgehead atoms. The van der Waals surface area contributed by atoms with Gasteiger partial charge in [-0.25, -0.2) is 0 Å². The molecule has 2 aliphatic heterocycles. The van der Waals surface area contributed by atoms with Crippen LogP contribution in [0.4, 0.5) is 0 Å². The first-order valence-corrected chi connectivity index (χ1v) is 6.14. The van der Waals surface area contributed by atoms with Crippen molar-refractivity contribution in [2.75, 3.05) is 6.79 Å². The molecule has 0 radical (unpaired) electrons. The second-order valence-corrected chi connectivity index (χ2v) is 4.58. The van der Waals surface area contributed by atoms with Crippen LogP contribution in [0.25, 0.3) is 0 Å². The van der Waals surface area contributed by atoms with Gasteiger partial charge in [0.1, 0.15) is 0 Å². The molecule has 1 aromatic heterocycles. The van der Waals surface area contributed by atoms with Gasteiger partial charge < -0.3 is 23.5 Å². The fraction of sp³-hybridized carbons (Fsp3) is 0.214. The van der Waals surface area contributed by atoms with Gasteiger partial charge >= 0.3 is 5.79 Å².